The van der Waals surface area contributed by atoms with Gasteiger partial charge in [-0.15, -0.1) is 11.3 Å². The molecule has 1 amide bonds. The Morgan fingerprint density at radius 2 is 1.82 bits per heavy atom. The van der Waals surface area contributed by atoms with E-state index in [1.165, 1.54) is 30.5 Å². The lowest BCUT2D eigenvalue weighted by Crippen LogP contribution is -2.40. The van der Waals surface area contributed by atoms with Crippen LogP contribution in [0.4, 0.5) is 5.69 Å². The summed E-state index contributed by atoms with van der Waals surface area (Å²) < 4.78 is 35.4. The molecule has 33 heavy (non-hydrogen) atoms. The third-order valence-electron chi connectivity index (χ3n) is 5.34. The van der Waals surface area contributed by atoms with Crippen molar-refractivity contribution in [1.82, 2.24) is 14.5 Å². The molecule has 1 fully saturated rings. The molecule has 3 heterocycles. The second-order valence-corrected chi connectivity index (χ2v) is 10.4. The first kappa shape index (κ1) is 23.1. The molecule has 174 valence electrons. The Balaban J connectivity index is 1.58. The number of nitrogens with zero attached hydrogens (tertiary/aromatic N) is 3. The van der Waals surface area contributed by atoms with Gasteiger partial charge in [0.2, 0.25) is 0 Å². The number of hydrogen-bond donors (Lipinski definition) is 1. The van der Waals surface area contributed by atoms with Crippen LogP contribution < -0.4 is 4.72 Å². The molecule has 0 saturated carbocycles. The monoisotopic (exact) mass is 488 g/mol. The van der Waals surface area contributed by atoms with Crippen molar-refractivity contribution in [1.29, 1.82) is 0 Å². The van der Waals surface area contributed by atoms with Crippen LogP contribution in [0.15, 0.2) is 41.4 Å². The number of thiazole rings is 1. The first-order valence-corrected chi connectivity index (χ1v) is 12.6. The number of hydrogen-bond acceptors (Lipinski definition) is 7. The third-order valence-corrected chi connectivity index (χ3v) is 7.86. The molecule has 0 unspecified atom stereocenters. The molecule has 1 N–H and O–H groups in total. The maximum absolute atomic E-state index is 12.9. The second kappa shape index (κ2) is 9.08. The number of sulfonamides is 1. The first-order chi connectivity index (χ1) is 15.7. The van der Waals surface area contributed by atoms with Crippen molar-refractivity contribution in [2.75, 3.05) is 31.0 Å². The summed E-state index contributed by atoms with van der Waals surface area (Å²) in [5, 5.41) is 0.568. The van der Waals surface area contributed by atoms with E-state index < -0.39 is 10.0 Å². The topological polar surface area (TPSA) is 111 Å². The van der Waals surface area contributed by atoms with E-state index in [1.54, 1.807) is 47.7 Å². The Hall–Kier alpha value is -3.02. The van der Waals surface area contributed by atoms with Crippen LogP contribution in [0.3, 0.4) is 0 Å². The van der Waals surface area contributed by atoms with Gasteiger partial charge in [0, 0.05) is 37.6 Å². The van der Waals surface area contributed by atoms with E-state index in [2.05, 4.69) is 9.71 Å². The van der Waals surface area contributed by atoms with Crippen LogP contribution in [0, 0.1) is 6.92 Å². The maximum atomic E-state index is 12.9. The van der Waals surface area contributed by atoms with Crippen molar-refractivity contribution < 1.29 is 22.7 Å². The van der Waals surface area contributed by atoms with Crippen LogP contribution in [-0.2, 0) is 21.8 Å². The number of aromatic nitrogens is 2. The summed E-state index contributed by atoms with van der Waals surface area (Å²) in [4.78, 5) is 31.2. The summed E-state index contributed by atoms with van der Waals surface area (Å²) in [6.45, 7) is 5.33. The zero-order chi connectivity index (χ0) is 23.8. The van der Waals surface area contributed by atoms with Gasteiger partial charge >= 0.3 is 0 Å². The molecule has 0 atom stereocenters. The number of anilines is 1. The molecule has 9 nitrogen and oxygen atoms in total. The summed E-state index contributed by atoms with van der Waals surface area (Å²) in [7, 11) is -2.13. The van der Waals surface area contributed by atoms with E-state index in [0.29, 0.717) is 58.8 Å². The smallest absolute Gasteiger partial charge is 0.266 e. The molecule has 11 heteroatoms. The first-order valence-electron chi connectivity index (χ1n) is 10.3. The molecule has 3 aromatic rings. The molecule has 4 rings (SSSR count). The molecule has 0 spiro atoms. The highest BCUT2D eigenvalue weighted by Gasteiger charge is 2.25. The van der Waals surface area contributed by atoms with Crippen molar-refractivity contribution >= 4 is 38.7 Å². The van der Waals surface area contributed by atoms with Crippen LogP contribution in [0.2, 0.25) is 0 Å². The second-order valence-electron chi connectivity index (χ2n) is 7.75. The fraction of sp³-hybridized carbons (Fsp3) is 0.318. The SMILES string of the molecule is CC(=O)c1ccc(NS(=O)(=O)c2cc(-c3nc(C)c(C(=O)N4CCOCC4)s3)n(C)c2)cc1. The minimum Gasteiger partial charge on any atom is -0.378 e. The molecule has 0 aliphatic carbocycles. The van der Waals surface area contributed by atoms with E-state index in [9.17, 15) is 18.0 Å². The highest BCUT2D eigenvalue weighted by Crippen LogP contribution is 2.31. The number of benzene rings is 1. The van der Waals surface area contributed by atoms with Gasteiger partial charge in [0.25, 0.3) is 15.9 Å². The lowest BCUT2D eigenvalue weighted by atomic mass is 10.1. The van der Waals surface area contributed by atoms with Gasteiger partial charge in [-0.2, -0.15) is 0 Å². The minimum atomic E-state index is -3.86. The summed E-state index contributed by atoms with van der Waals surface area (Å²) in [6, 6.07) is 7.77. The van der Waals surface area contributed by atoms with Crippen molar-refractivity contribution in [2.24, 2.45) is 7.05 Å². The largest absolute Gasteiger partial charge is 0.378 e. The van der Waals surface area contributed by atoms with Gasteiger partial charge in [-0.3, -0.25) is 14.3 Å². The molecule has 1 aromatic carbocycles. The number of amides is 1. The molecule has 1 saturated heterocycles. The normalized spacial score (nSPS) is 14.3. The van der Waals surface area contributed by atoms with Gasteiger partial charge in [-0.05, 0) is 44.2 Å². The number of nitrogens with one attached hydrogen (secondary N) is 1. The molecular weight excluding hydrogens is 464 g/mol. The number of carbonyl (C=O) groups is 2. The number of carbonyl (C=O) groups excluding carboxylic acids is 2. The average molecular weight is 489 g/mol. The van der Waals surface area contributed by atoms with Gasteiger partial charge in [0.15, 0.2) is 5.78 Å². The van der Waals surface area contributed by atoms with Crippen molar-refractivity contribution in [3.05, 3.63) is 52.7 Å². The number of rotatable bonds is 6. The zero-order valence-electron chi connectivity index (χ0n) is 18.5. The fourth-order valence-electron chi connectivity index (χ4n) is 3.50. The van der Waals surface area contributed by atoms with E-state index in [1.807, 2.05) is 0 Å². The summed E-state index contributed by atoms with van der Waals surface area (Å²) in [5.74, 6) is -0.181. The van der Waals surface area contributed by atoms with Crippen LogP contribution in [0.1, 0.15) is 32.6 Å². The van der Waals surface area contributed by atoms with Gasteiger partial charge in [0.1, 0.15) is 14.8 Å². The lowest BCUT2D eigenvalue weighted by molar-refractivity contribution is 0.0305. The highest BCUT2D eigenvalue weighted by atomic mass is 32.2. The third kappa shape index (κ3) is 4.85. The van der Waals surface area contributed by atoms with Crippen LogP contribution >= 0.6 is 11.3 Å². The van der Waals surface area contributed by atoms with Crippen molar-refractivity contribution in [3.8, 4) is 10.7 Å². The molecule has 2 aromatic heterocycles. The van der Waals surface area contributed by atoms with Gasteiger partial charge in [-0.25, -0.2) is 13.4 Å². The molecule has 1 aliphatic heterocycles. The predicted octanol–water partition coefficient (Wildman–Crippen LogP) is 2.93. The van der Waals surface area contributed by atoms with E-state index in [4.69, 9.17) is 4.74 Å². The number of morpholine rings is 1. The van der Waals surface area contributed by atoms with E-state index >= 15 is 0 Å². The Labute approximate surface area is 196 Å². The Bertz CT molecular complexity index is 1300. The van der Waals surface area contributed by atoms with E-state index in [0.717, 1.165) is 0 Å². The zero-order valence-corrected chi connectivity index (χ0v) is 20.1. The number of aryl methyl sites for hydroxylation is 2. The van der Waals surface area contributed by atoms with Crippen molar-refractivity contribution in [2.45, 2.75) is 18.7 Å². The van der Waals surface area contributed by atoms with E-state index in [-0.39, 0.29) is 16.6 Å². The van der Waals surface area contributed by atoms with Crippen LogP contribution in [0.25, 0.3) is 10.7 Å². The molecule has 1 aliphatic rings. The standard InChI is InChI=1S/C22H24N4O5S2/c1-14-20(22(28)26-8-10-31-11-9-26)32-21(23-14)19-12-18(13-25(19)3)33(29,30)24-17-6-4-16(5-7-17)15(2)27/h4-7,12-13,24H,8-11H2,1-3H3. The van der Waals surface area contributed by atoms with Crippen LogP contribution in [-0.4, -0.2) is 60.9 Å². The summed E-state index contributed by atoms with van der Waals surface area (Å²) in [6.07, 6.45) is 1.50. The number of Topliss-reactive ketones (excluding diaryl/α,β-unsaturated/α-hetero) is 1. The maximum Gasteiger partial charge on any atom is 0.266 e. The average Bonchev–Trinajstić information content (AvgIpc) is 3.37. The lowest BCUT2D eigenvalue weighted by Gasteiger charge is -2.26. The Morgan fingerprint density at radius 3 is 2.45 bits per heavy atom. The predicted molar refractivity (Wildman–Crippen MR) is 125 cm³/mol. The van der Waals surface area contributed by atoms with Crippen LogP contribution in [0.5, 0.6) is 0 Å². The highest BCUT2D eigenvalue weighted by molar-refractivity contribution is 7.92. The van der Waals surface area contributed by atoms with Crippen molar-refractivity contribution in [3.63, 3.8) is 0 Å². The molecule has 0 bridgehead atoms. The van der Waals surface area contributed by atoms with Gasteiger partial charge in [-0.1, -0.05) is 0 Å². The quantitative estimate of drug-likeness (QED) is 0.534. The number of ether oxygens (including phenoxy) is 1. The van der Waals surface area contributed by atoms with Gasteiger partial charge < -0.3 is 14.2 Å². The Morgan fingerprint density at radius 1 is 1.15 bits per heavy atom. The minimum absolute atomic E-state index is 0.0737. The summed E-state index contributed by atoms with van der Waals surface area (Å²) in [5.41, 5.74) is 2.06. The summed E-state index contributed by atoms with van der Waals surface area (Å²) >= 11 is 1.25. The van der Waals surface area contributed by atoms with Gasteiger partial charge in [0.05, 0.1) is 24.6 Å². The fourth-order valence-corrected chi connectivity index (χ4v) is 5.72. The molecular formula is C22H24N4O5S2. The molecule has 0 radical (unpaired) electrons. The Kier molecular flexibility index (Phi) is 6.37. The number of ketones is 1.